The summed E-state index contributed by atoms with van der Waals surface area (Å²) in [5.74, 6) is 0. The van der Waals surface area contributed by atoms with Gasteiger partial charge in [0.05, 0.1) is 10.7 Å². The molecule has 2 aromatic rings. The highest BCUT2D eigenvalue weighted by Gasteiger charge is 2.18. The maximum Gasteiger partial charge on any atom is 0.271 e. The van der Waals surface area contributed by atoms with Gasteiger partial charge in [-0.15, -0.1) is 0 Å². The fourth-order valence-electron chi connectivity index (χ4n) is 1.21. The monoisotopic (exact) mass is 325 g/mol. The number of anilines is 1. The molecule has 1 aromatic carbocycles. The molecule has 0 atom stereocenters. The summed E-state index contributed by atoms with van der Waals surface area (Å²) in [6.07, 6.45) is 0. The van der Waals surface area contributed by atoms with Gasteiger partial charge in [0.1, 0.15) is 4.21 Å². The maximum absolute atomic E-state index is 12.8. The first-order chi connectivity index (χ1) is 8.38. The predicted octanol–water partition coefficient (Wildman–Crippen LogP) is 3.99. The van der Waals surface area contributed by atoms with Crippen LogP contribution in [0.25, 0.3) is 0 Å². The lowest BCUT2D eigenvalue weighted by atomic mass is 10.3. The molecule has 0 aliphatic carbocycles. The second-order valence-electron chi connectivity index (χ2n) is 3.29. The SMILES string of the molecule is O=S(=O)(Nc1ccc(Cl)cc1Cl)c1ccc(F)s1. The van der Waals surface area contributed by atoms with Gasteiger partial charge in [-0.3, -0.25) is 4.72 Å². The molecule has 0 saturated carbocycles. The molecule has 0 aliphatic rings. The topological polar surface area (TPSA) is 46.2 Å². The van der Waals surface area contributed by atoms with Crippen LogP contribution >= 0.6 is 34.5 Å². The van der Waals surface area contributed by atoms with E-state index >= 15 is 0 Å². The summed E-state index contributed by atoms with van der Waals surface area (Å²) in [4.78, 5) is 0. The molecule has 0 unspecified atom stereocenters. The maximum atomic E-state index is 12.8. The summed E-state index contributed by atoms with van der Waals surface area (Å²) in [5, 5.41) is -0.00852. The van der Waals surface area contributed by atoms with E-state index in [1.165, 1.54) is 24.3 Å². The molecule has 96 valence electrons. The molecular weight excluding hydrogens is 320 g/mol. The van der Waals surface area contributed by atoms with E-state index in [1.54, 1.807) is 0 Å². The van der Waals surface area contributed by atoms with Crippen molar-refractivity contribution >= 4 is 50.2 Å². The van der Waals surface area contributed by atoms with Crippen LogP contribution in [0.15, 0.2) is 34.5 Å². The Bertz CT molecular complexity index is 685. The molecule has 1 aromatic heterocycles. The van der Waals surface area contributed by atoms with Gasteiger partial charge in [0.25, 0.3) is 10.0 Å². The van der Waals surface area contributed by atoms with Crippen molar-refractivity contribution < 1.29 is 12.8 Å². The molecule has 0 spiro atoms. The third-order valence-electron chi connectivity index (χ3n) is 1.99. The fraction of sp³-hybridized carbons (Fsp3) is 0. The van der Waals surface area contributed by atoms with Gasteiger partial charge in [-0.2, -0.15) is 4.39 Å². The van der Waals surface area contributed by atoms with Crippen molar-refractivity contribution in [3.05, 3.63) is 45.5 Å². The minimum absolute atomic E-state index is 0.119. The van der Waals surface area contributed by atoms with Crippen LogP contribution < -0.4 is 4.72 Å². The zero-order valence-corrected chi connectivity index (χ0v) is 11.8. The zero-order valence-electron chi connectivity index (χ0n) is 8.65. The van der Waals surface area contributed by atoms with Crippen molar-refractivity contribution in [3.8, 4) is 0 Å². The summed E-state index contributed by atoms with van der Waals surface area (Å²) in [7, 11) is -3.83. The molecule has 0 amide bonds. The Balaban J connectivity index is 2.33. The molecule has 0 saturated heterocycles. The Labute approximate surface area is 117 Å². The summed E-state index contributed by atoms with van der Waals surface area (Å²) in [6, 6.07) is 6.62. The molecule has 1 N–H and O–H groups in total. The second-order valence-corrected chi connectivity index (χ2v) is 7.08. The van der Waals surface area contributed by atoms with Crippen molar-refractivity contribution in [1.29, 1.82) is 0 Å². The molecule has 18 heavy (non-hydrogen) atoms. The van der Waals surface area contributed by atoms with E-state index in [2.05, 4.69) is 4.72 Å². The smallest absolute Gasteiger partial charge is 0.271 e. The number of thiophene rings is 1. The van der Waals surface area contributed by atoms with E-state index < -0.39 is 15.2 Å². The summed E-state index contributed by atoms with van der Waals surface area (Å²) < 4.78 is 38.7. The van der Waals surface area contributed by atoms with Crippen LogP contribution in [-0.4, -0.2) is 8.42 Å². The highest BCUT2D eigenvalue weighted by atomic mass is 35.5. The van der Waals surface area contributed by atoms with Crippen molar-refractivity contribution in [2.75, 3.05) is 4.72 Å². The number of rotatable bonds is 3. The van der Waals surface area contributed by atoms with Gasteiger partial charge in [-0.25, -0.2) is 8.42 Å². The minimum Gasteiger partial charge on any atom is -0.277 e. The number of benzene rings is 1. The largest absolute Gasteiger partial charge is 0.277 e. The van der Waals surface area contributed by atoms with Crippen LogP contribution in [0.1, 0.15) is 0 Å². The van der Waals surface area contributed by atoms with Crippen LogP contribution in [0.3, 0.4) is 0 Å². The van der Waals surface area contributed by atoms with Gasteiger partial charge in [-0.1, -0.05) is 34.5 Å². The van der Waals surface area contributed by atoms with Gasteiger partial charge < -0.3 is 0 Å². The first kappa shape index (κ1) is 13.6. The highest BCUT2D eigenvalue weighted by molar-refractivity contribution is 7.94. The van der Waals surface area contributed by atoms with Gasteiger partial charge in [0, 0.05) is 5.02 Å². The standard InChI is InChI=1S/C10H6Cl2FNO2S2/c11-6-1-2-8(7(12)5-6)14-18(15,16)10-4-3-9(13)17-10/h1-5,14H. The normalized spacial score (nSPS) is 11.5. The van der Waals surface area contributed by atoms with E-state index in [0.29, 0.717) is 16.4 Å². The van der Waals surface area contributed by atoms with Gasteiger partial charge in [0.15, 0.2) is 5.13 Å². The Hall–Kier alpha value is -0.820. The number of hydrogen-bond acceptors (Lipinski definition) is 3. The van der Waals surface area contributed by atoms with E-state index in [1.807, 2.05) is 0 Å². The molecule has 8 heteroatoms. The van der Waals surface area contributed by atoms with Gasteiger partial charge in [0.2, 0.25) is 0 Å². The van der Waals surface area contributed by atoms with Gasteiger partial charge in [-0.05, 0) is 30.3 Å². The van der Waals surface area contributed by atoms with E-state index in [-0.39, 0.29) is 14.9 Å². The van der Waals surface area contributed by atoms with Crippen LogP contribution in [0.5, 0.6) is 0 Å². The lowest BCUT2D eigenvalue weighted by Gasteiger charge is -2.08. The average molecular weight is 326 g/mol. The Morgan fingerprint density at radius 1 is 1.17 bits per heavy atom. The van der Waals surface area contributed by atoms with Crippen molar-refractivity contribution in [2.24, 2.45) is 0 Å². The van der Waals surface area contributed by atoms with Crippen LogP contribution in [-0.2, 0) is 10.0 Å². The van der Waals surface area contributed by atoms with Crippen LogP contribution in [0.4, 0.5) is 10.1 Å². The first-order valence-electron chi connectivity index (χ1n) is 4.62. The number of nitrogens with one attached hydrogen (secondary N) is 1. The quantitative estimate of drug-likeness (QED) is 0.927. The van der Waals surface area contributed by atoms with Crippen LogP contribution in [0, 0.1) is 5.13 Å². The molecule has 0 bridgehead atoms. The van der Waals surface area contributed by atoms with Crippen molar-refractivity contribution in [3.63, 3.8) is 0 Å². The molecule has 0 fully saturated rings. The highest BCUT2D eigenvalue weighted by Crippen LogP contribution is 2.29. The zero-order chi connectivity index (χ0) is 13.3. The molecule has 2 rings (SSSR count). The van der Waals surface area contributed by atoms with Crippen molar-refractivity contribution in [2.45, 2.75) is 4.21 Å². The molecular formula is C10H6Cl2FNO2S2. The Kier molecular flexibility index (Phi) is 3.82. The third-order valence-corrected chi connectivity index (χ3v) is 5.27. The Morgan fingerprint density at radius 3 is 2.44 bits per heavy atom. The lowest BCUT2D eigenvalue weighted by Crippen LogP contribution is -2.11. The molecule has 0 radical (unpaired) electrons. The van der Waals surface area contributed by atoms with Crippen LogP contribution in [0.2, 0.25) is 10.0 Å². The number of halogens is 3. The Morgan fingerprint density at radius 2 is 1.89 bits per heavy atom. The van der Waals surface area contributed by atoms with E-state index in [4.69, 9.17) is 23.2 Å². The predicted molar refractivity (Wildman–Crippen MR) is 71.5 cm³/mol. The summed E-state index contributed by atoms with van der Waals surface area (Å²) in [5.41, 5.74) is 0.190. The molecule has 3 nitrogen and oxygen atoms in total. The number of sulfonamides is 1. The first-order valence-corrected chi connectivity index (χ1v) is 7.67. The third kappa shape index (κ3) is 2.95. The van der Waals surface area contributed by atoms with E-state index in [0.717, 1.165) is 6.07 Å². The summed E-state index contributed by atoms with van der Waals surface area (Å²) in [6.45, 7) is 0. The van der Waals surface area contributed by atoms with Gasteiger partial charge >= 0.3 is 0 Å². The number of hydrogen-bond donors (Lipinski definition) is 1. The average Bonchev–Trinajstić information content (AvgIpc) is 2.70. The van der Waals surface area contributed by atoms with E-state index in [9.17, 15) is 12.8 Å². The minimum atomic E-state index is -3.83. The lowest BCUT2D eigenvalue weighted by molar-refractivity contribution is 0.603. The second kappa shape index (κ2) is 5.05. The molecule has 1 heterocycles. The summed E-state index contributed by atoms with van der Waals surface area (Å²) >= 11 is 12.1. The molecule has 0 aliphatic heterocycles. The fourth-order valence-corrected chi connectivity index (χ4v) is 3.80. The van der Waals surface area contributed by atoms with Crippen molar-refractivity contribution in [1.82, 2.24) is 0 Å².